The second kappa shape index (κ2) is 8.83. The lowest BCUT2D eigenvalue weighted by molar-refractivity contribution is -0.0183. The predicted molar refractivity (Wildman–Crippen MR) is 104 cm³/mol. The van der Waals surface area contributed by atoms with Gasteiger partial charge >= 0.3 is 5.97 Å². The van der Waals surface area contributed by atoms with Crippen LogP contribution in [-0.4, -0.2) is 49.7 Å². The summed E-state index contributed by atoms with van der Waals surface area (Å²) in [6, 6.07) is 6.75. The summed E-state index contributed by atoms with van der Waals surface area (Å²) in [6.45, 7) is 0.669. The van der Waals surface area contributed by atoms with Gasteiger partial charge in [-0.2, -0.15) is 0 Å². The Hall–Kier alpha value is -3.30. The third-order valence-electron chi connectivity index (χ3n) is 5.05. The van der Waals surface area contributed by atoms with E-state index >= 15 is 0 Å². The fraction of sp³-hybridized carbons (Fsp3) is 0.318. The molecule has 4 rings (SSSR count). The molecule has 2 aromatic carbocycles. The highest BCUT2D eigenvalue weighted by Crippen LogP contribution is 2.30. The van der Waals surface area contributed by atoms with E-state index in [4.69, 9.17) is 18.9 Å². The molecule has 2 amide bonds. The number of hydrogen-bond donors (Lipinski definition) is 0. The number of amides is 2. The van der Waals surface area contributed by atoms with Gasteiger partial charge in [0.05, 0.1) is 23.3 Å². The number of nitrogens with zero attached hydrogens (tertiary/aromatic N) is 1. The molecular weight excluding hydrogens is 409 g/mol. The third-order valence-corrected chi connectivity index (χ3v) is 5.05. The van der Waals surface area contributed by atoms with Crippen molar-refractivity contribution in [3.8, 4) is 5.75 Å². The third kappa shape index (κ3) is 4.14. The van der Waals surface area contributed by atoms with E-state index in [-0.39, 0.29) is 43.2 Å². The van der Waals surface area contributed by atoms with Gasteiger partial charge in [-0.1, -0.05) is 0 Å². The maximum absolute atomic E-state index is 13.8. The van der Waals surface area contributed by atoms with Crippen LogP contribution in [0.1, 0.15) is 48.6 Å². The van der Waals surface area contributed by atoms with E-state index in [0.717, 1.165) is 4.90 Å². The number of esters is 1. The standard InChI is InChI=1S/C22H20FNO7/c1-28-6-2-5-24-20(25)17-4-3-13(9-18(17)21(24)26)22(27)30-11-15-8-16(23)7-14-10-29-12-31-19(14)15/h3-4,7-9H,2,5-6,10-12H2,1H3. The van der Waals surface area contributed by atoms with Crippen LogP contribution in [0.4, 0.5) is 4.39 Å². The Morgan fingerprint density at radius 1 is 1.16 bits per heavy atom. The average molecular weight is 429 g/mol. The van der Waals surface area contributed by atoms with Crippen molar-refractivity contribution in [3.05, 3.63) is 64.0 Å². The van der Waals surface area contributed by atoms with Gasteiger partial charge in [0.25, 0.3) is 11.8 Å². The minimum absolute atomic E-state index is 0.0292. The number of imide groups is 1. The molecule has 0 unspecified atom stereocenters. The summed E-state index contributed by atoms with van der Waals surface area (Å²) >= 11 is 0. The zero-order valence-electron chi connectivity index (χ0n) is 16.8. The van der Waals surface area contributed by atoms with Gasteiger partial charge in [-0.15, -0.1) is 0 Å². The van der Waals surface area contributed by atoms with Crippen molar-refractivity contribution in [2.45, 2.75) is 19.6 Å². The van der Waals surface area contributed by atoms with E-state index in [9.17, 15) is 18.8 Å². The summed E-state index contributed by atoms with van der Waals surface area (Å²) in [7, 11) is 1.54. The first-order valence-corrected chi connectivity index (χ1v) is 9.67. The van der Waals surface area contributed by atoms with Crippen LogP contribution < -0.4 is 4.74 Å². The molecule has 2 heterocycles. The van der Waals surface area contributed by atoms with Crippen LogP contribution in [0.25, 0.3) is 0 Å². The SMILES string of the molecule is COCCCN1C(=O)c2ccc(C(=O)OCc3cc(F)cc4c3OCOC4)cc2C1=O. The molecule has 8 nitrogen and oxygen atoms in total. The van der Waals surface area contributed by atoms with Crippen LogP contribution in [0.15, 0.2) is 30.3 Å². The Labute approximate surface area is 177 Å². The lowest BCUT2D eigenvalue weighted by Gasteiger charge is -2.20. The van der Waals surface area contributed by atoms with Crippen LogP contribution in [0, 0.1) is 5.82 Å². The quantitative estimate of drug-likeness (QED) is 0.380. The number of methoxy groups -OCH3 is 1. The number of carbonyl (C=O) groups is 3. The molecule has 31 heavy (non-hydrogen) atoms. The largest absolute Gasteiger partial charge is 0.467 e. The Morgan fingerprint density at radius 2 is 1.97 bits per heavy atom. The van der Waals surface area contributed by atoms with Gasteiger partial charge in [0.15, 0.2) is 6.79 Å². The highest BCUT2D eigenvalue weighted by atomic mass is 19.1. The Balaban J connectivity index is 1.48. The molecule has 0 radical (unpaired) electrons. The van der Waals surface area contributed by atoms with E-state index in [1.165, 1.54) is 30.3 Å². The summed E-state index contributed by atoms with van der Waals surface area (Å²) < 4.78 is 34.7. The van der Waals surface area contributed by atoms with Crippen molar-refractivity contribution in [1.82, 2.24) is 4.90 Å². The number of carbonyl (C=O) groups excluding carboxylic acids is 3. The van der Waals surface area contributed by atoms with Gasteiger partial charge in [0, 0.05) is 31.4 Å². The fourth-order valence-electron chi connectivity index (χ4n) is 3.58. The lowest BCUT2D eigenvalue weighted by atomic mass is 10.1. The van der Waals surface area contributed by atoms with Gasteiger partial charge in [0.1, 0.15) is 18.2 Å². The number of fused-ring (bicyclic) bond motifs is 2. The normalized spacial score (nSPS) is 14.8. The Bertz CT molecular complexity index is 1050. The van der Waals surface area contributed by atoms with Crippen molar-refractivity contribution >= 4 is 17.8 Å². The molecule has 0 saturated carbocycles. The first-order chi connectivity index (χ1) is 15.0. The van der Waals surface area contributed by atoms with Crippen molar-refractivity contribution in [3.63, 3.8) is 0 Å². The van der Waals surface area contributed by atoms with E-state index in [2.05, 4.69) is 0 Å². The van der Waals surface area contributed by atoms with Crippen LogP contribution in [0.2, 0.25) is 0 Å². The molecule has 2 aliphatic heterocycles. The van der Waals surface area contributed by atoms with Gasteiger partial charge < -0.3 is 18.9 Å². The molecule has 2 aliphatic rings. The molecule has 0 fully saturated rings. The molecule has 0 bridgehead atoms. The van der Waals surface area contributed by atoms with Crippen LogP contribution in [0.5, 0.6) is 5.75 Å². The maximum atomic E-state index is 13.8. The number of halogens is 1. The minimum atomic E-state index is -0.703. The van der Waals surface area contributed by atoms with E-state index in [1.54, 1.807) is 7.11 Å². The fourth-order valence-corrected chi connectivity index (χ4v) is 3.58. The summed E-state index contributed by atoms with van der Waals surface area (Å²) in [4.78, 5) is 38.7. The summed E-state index contributed by atoms with van der Waals surface area (Å²) in [5.41, 5.74) is 1.43. The zero-order valence-corrected chi connectivity index (χ0v) is 16.8. The highest BCUT2D eigenvalue weighted by molar-refractivity contribution is 6.21. The lowest BCUT2D eigenvalue weighted by Crippen LogP contribution is -2.31. The summed E-state index contributed by atoms with van der Waals surface area (Å²) in [6.07, 6.45) is 0.516. The van der Waals surface area contributed by atoms with Gasteiger partial charge in [-0.25, -0.2) is 9.18 Å². The molecule has 0 atom stereocenters. The van der Waals surface area contributed by atoms with Crippen molar-refractivity contribution < 1.29 is 37.7 Å². The molecule has 0 aliphatic carbocycles. The van der Waals surface area contributed by atoms with Crippen LogP contribution >= 0.6 is 0 Å². The molecule has 0 saturated heterocycles. The number of benzene rings is 2. The van der Waals surface area contributed by atoms with Gasteiger partial charge in [-0.05, 0) is 36.8 Å². The van der Waals surface area contributed by atoms with Crippen molar-refractivity contribution in [2.24, 2.45) is 0 Å². The molecule has 162 valence electrons. The highest BCUT2D eigenvalue weighted by Gasteiger charge is 2.35. The zero-order chi connectivity index (χ0) is 22.0. The monoisotopic (exact) mass is 429 g/mol. The smallest absolute Gasteiger partial charge is 0.338 e. The predicted octanol–water partition coefficient (Wildman–Crippen LogP) is 2.68. The number of rotatable bonds is 7. The summed E-state index contributed by atoms with van der Waals surface area (Å²) in [5.74, 6) is -1.62. The van der Waals surface area contributed by atoms with Gasteiger partial charge in [-0.3, -0.25) is 14.5 Å². The van der Waals surface area contributed by atoms with Crippen LogP contribution in [0.3, 0.4) is 0 Å². The van der Waals surface area contributed by atoms with E-state index in [0.29, 0.717) is 29.9 Å². The maximum Gasteiger partial charge on any atom is 0.338 e. The van der Waals surface area contributed by atoms with E-state index < -0.39 is 23.6 Å². The molecule has 0 N–H and O–H groups in total. The topological polar surface area (TPSA) is 91.4 Å². The Morgan fingerprint density at radius 3 is 2.77 bits per heavy atom. The second-order valence-electron chi connectivity index (χ2n) is 7.11. The molecule has 2 aromatic rings. The minimum Gasteiger partial charge on any atom is -0.467 e. The first kappa shape index (κ1) is 21.0. The molecular formula is C22H20FNO7. The van der Waals surface area contributed by atoms with Crippen LogP contribution in [-0.2, 0) is 27.4 Å². The molecule has 0 spiro atoms. The Kier molecular flexibility index (Phi) is 5.97. The summed E-state index contributed by atoms with van der Waals surface area (Å²) in [5, 5.41) is 0. The average Bonchev–Trinajstić information content (AvgIpc) is 3.01. The molecule has 0 aromatic heterocycles. The number of ether oxygens (including phenoxy) is 4. The van der Waals surface area contributed by atoms with E-state index in [1.807, 2.05) is 0 Å². The molecule has 9 heteroatoms. The number of hydrogen-bond acceptors (Lipinski definition) is 7. The van der Waals surface area contributed by atoms with Gasteiger partial charge in [0.2, 0.25) is 0 Å². The van der Waals surface area contributed by atoms with Crippen molar-refractivity contribution in [1.29, 1.82) is 0 Å². The second-order valence-corrected chi connectivity index (χ2v) is 7.11. The first-order valence-electron chi connectivity index (χ1n) is 9.67. The van der Waals surface area contributed by atoms with Crippen molar-refractivity contribution in [2.75, 3.05) is 27.1 Å².